The van der Waals surface area contributed by atoms with Crippen molar-refractivity contribution in [2.45, 2.75) is 32.2 Å². The molecule has 190 valence electrons. The number of fused-ring (bicyclic) bond motifs is 4. The van der Waals surface area contributed by atoms with E-state index in [-0.39, 0.29) is 11.9 Å². The van der Waals surface area contributed by atoms with Gasteiger partial charge in [0.25, 0.3) is 5.91 Å². The van der Waals surface area contributed by atoms with E-state index < -0.39 is 0 Å². The van der Waals surface area contributed by atoms with Crippen LogP contribution in [0, 0.1) is 5.92 Å². The number of thiazole rings is 1. The van der Waals surface area contributed by atoms with Gasteiger partial charge in [0.1, 0.15) is 11.3 Å². The molecule has 37 heavy (non-hydrogen) atoms. The van der Waals surface area contributed by atoms with E-state index in [2.05, 4.69) is 54.1 Å². The first kappa shape index (κ1) is 23.8. The number of amides is 1. The predicted octanol–water partition coefficient (Wildman–Crippen LogP) is 4.79. The molecule has 0 radical (unpaired) electrons. The van der Waals surface area contributed by atoms with Crippen molar-refractivity contribution in [1.29, 1.82) is 0 Å². The van der Waals surface area contributed by atoms with Crippen molar-refractivity contribution in [2.75, 3.05) is 32.9 Å². The minimum Gasteiger partial charge on any atom is -0.382 e. The third-order valence-electron chi connectivity index (χ3n) is 7.32. The molecular weight excluding hydrogens is 482 g/mol. The van der Waals surface area contributed by atoms with Gasteiger partial charge in [-0.25, -0.2) is 15.0 Å². The number of nitrogens with zero attached hydrogens (tertiary/aromatic N) is 6. The first-order valence-electron chi connectivity index (χ1n) is 12.7. The average Bonchev–Trinajstić information content (AvgIpc) is 3.54. The maximum absolute atomic E-state index is 14.0. The molecule has 1 aliphatic rings. The van der Waals surface area contributed by atoms with E-state index in [0.717, 1.165) is 65.0 Å². The van der Waals surface area contributed by atoms with Crippen LogP contribution in [0.15, 0.2) is 48.9 Å². The van der Waals surface area contributed by atoms with Crippen LogP contribution in [0.1, 0.15) is 46.7 Å². The van der Waals surface area contributed by atoms with Crippen LogP contribution < -0.4 is 5.73 Å². The van der Waals surface area contributed by atoms with Crippen LogP contribution in [-0.2, 0) is 6.42 Å². The second-order valence-electron chi connectivity index (χ2n) is 10.4. The number of rotatable bonds is 5. The molecule has 6 rings (SSSR count). The van der Waals surface area contributed by atoms with E-state index in [4.69, 9.17) is 10.7 Å². The number of anilines is 1. The molecule has 0 bridgehead atoms. The van der Waals surface area contributed by atoms with Gasteiger partial charge in [0.05, 0.1) is 44.8 Å². The van der Waals surface area contributed by atoms with Gasteiger partial charge in [-0.15, -0.1) is 11.3 Å². The summed E-state index contributed by atoms with van der Waals surface area (Å²) in [6.45, 7) is 3.93. The monoisotopic (exact) mass is 513 g/mol. The van der Waals surface area contributed by atoms with Crippen LogP contribution in [0.2, 0.25) is 0 Å². The Hall–Kier alpha value is -3.56. The molecule has 5 aromatic rings. The Bertz CT molecular complexity index is 1620. The minimum atomic E-state index is 0.0218. The molecule has 1 amide bonds. The fraction of sp³-hybridized carbons (Fsp3) is 0.357. The molecular formula is C28H31N7OS. The first-order chi connectivity index (χ1) is 17.9. The molecule has 1 aliphatic heterocycles. The van der Waals surface area contributed by atoms with Gasteiger partial charge in [-0.1, -0.05) is 13.0 Å². The number of hydrogen-bond acceptors (Lipinski definition) is 7. The number of carbonyl (C=O) groups is 1. The van der Waals surface area contributed by atoms with Gasteiger partial charge < -0.3 is 15.5 Å². The van der Waals surface area contributed by atoms with Crippen molar-refractivity contribution in [3.05, 3.63) is 65.1 Å². The number of carbonyl (C=O) groups excluding carboxylic acids is 1. The van der Waals surface area contributed by atoms with Crippen molar-refractivity contribution in [3.63, 3.8) is 0 Å². The standard InChI is InChI=1S/C28H31N7OS/c1-17-4-8-22(18-6-9-25-21(12-18)31-26(37-25)10-11-33(2)3)34(15-17)28(36)19-5-7-20-23(13-19)35-16-30-14-24(35)27(29)32-20/h5-7,9,12-14,16-17,22H,4,8,10-11,15H2,1-3H3,(H2,29,32). The largest absolute Gasteiger partial charge is 0.382 e. The number of piperidine rings is 1. The topological polar surface area (TPSA) is 92.7 Å². The van der Waals surface area contributed by atoms with E-state index in [1.54, 1.807) is 23.9 Å². The third-order valence-corrected chi connectivity index (χ3v) is 8.41. The number of nitrogen functional groups attached to an aromatic ring is 1. The van der Waals surface area contributed by atoms with Crippen molar-refractivity contribution in [3.8, 4) is 0 Å². The lowest BCUT2D eigenvalue weighted by Gasteiger charge is -2.39. The van der Waals surface area contributed by atoms with Crippen molar-refractivity contribution < 1.29 is 4.79 Å². The maximum atomic E-state index is 14.0. The summed E-state index contributed by atoms with van der Waals surface area (Å²) in [4.78, 5) is 31.8. The van der Waals surface area contributed by atoms with E-state index in [9.17, 15) is 4.79 Å². The normalized spacial score (nSPS) is 18.4. The quantitative estimate of drug-likeness (QED) is 0.363. The summed E-state index contributed by atoms with van der Waals surface area (Å²) in [5.41, 5.74) is 11.2. The smallest absolute Gasteiger partial charge is 0.254 e. The van der Waals surface area contributed by atoms with Gasteiger partial charge in [0, 0.05) is 25.1 Å². The average molecular weight is 514 g/mol. The van der Waals surface area contributed by atoms with Crippen LogP contribution in [0.4, 0.5) is 5.82 Å². The molecule has 1 saturated heterocycles. The summed E-state index contributed by atoms with van der Waals surface area (Å²) in [6.07, 6.45) is 6.38. The van der Waals surface area contributed by atoms with Crippen LogP contribution >= 0.6 is 11.3 Å². The number of aromatic nitrogens is 4. The first-order valence-corrected chi connectivity index (χ1v) is 13.6. The number of benzene rings is 2. The molecule has 0 saturated carbocycles. The van der Waals surface area contributed by atoms with Crippen LogP contribution in [-0.4, -0.2) is 62.2 Å². The molecule has 2 aromatic carbocycles. The van der Waals surface area contributed by atoms with Crippen molar-refractivity contribution in [1.82, 2.24) is 29.2 Å². The van der Waals surface area contributed by atoms with Crippen LogP contribution in [0.3, 0.4) is 0 Å². The Labute approximate surface area is 219 Å². The summed E-state index contributed by atoms with van der Waals surface area (Å²) in [5.74, 6) is 0.910. The molecule has 1 fully saturated rings. The van der Waals surface area contributed by atoms with E-state index in [1.807, 2.05) is 27.5 Å². The van der Waals surface area contributed by atoms with Gasteiger partial charge in [-0.05, 0) is 68.8 Å². The van der Waals surface area contributed by atoms with Crippen LogP contribution in [0.25, 0.3) is 26.8 Å². The lowest BCUT2D eigenvalue weighted by molar-refractivity contribution is 0.0545. The summed E-state index contributed by atoms with van der Waals surface area (Å²) < 4.78 is 3.10. The second-order valence-corrected chi connectivity index (χ2v) is 11.5. The summed E-state index contributed by atoms with van der Waals surface area (Å²) in [7, 11) is 4.17. The fourth-order valence-electron chi connectivity index (χ4n) is 5.32. The van der Waals surface area contributed by atoms with Gasteiger partial charge in [-0.2, -0.15) is 0 Å². The lowest BCUT2D eigenvalue weighted by Crippen LogP contribution is -2.41. The summed E-state index contributed by atoms with van der Waals surface area (Å²) in [5, 5.41) is 1.15. The second kappa shape index (κ2) is 9.39. The molecule has 0 aliphatic carbocycles. The number of likely N-dealkylation sites (N-methyl/N-ethyl adjacent to an activating group) is 1. The summed E-state index contributed by atoms with van der Waals surface area (Å²) in [6, 6.07) is 12.2. The zero-order valence-corrected chi connectivity index (χ0v) is 22.2. The van der Waals surface area contributed by atoms with Gasteiger partial charge in [0.15, 0.2) is 0 Å². The van der Waals surface area contributed by atoms with E-state index in [1.165, 1.54) is 4.70 Å². The van der Waals surface area contributed by atoms with Crippen molar-refractivity contribution in [2.24, 2.45) is 5.92 Å². The van der Waals surface area contributed by atoms with Gasteiger partial charge >= 0.3 is 0 Å². The molecule has 4 heterocycles. The Morgan fingerprint density at radius 3 is 2.81 bits per heavy atom. The molecule has 2 unspecified atom stereocenters. The zero-order chi connectivity index (χ0) is 25.7. The fourth-order valence-corrected chi connectivity index (χ4v) is 6.26. The minimum absolute atomic E-state index is 0.0218. The lowest BCUT2D eigenvalue weighted by atomic mass is 9.89. The Morgan fingerprint density at radius 1 is 1.11 bits per heavy atom. The van der Waals surface area contributed by atoms with E-state index in [0.29, 0.717) is 17.3 Å². The number of nitrogens with two attached hydrogens (primary N) is 1. The maximum Gasteiger partial charge on any atom is 0.254 e. The van der Waals surface area contributed by atoms with Crippen LogP contribution in [0.5, 0.6) is 0 Å². The highest BCUT2D eigenvalue weighted by atomic mass is 32.1. The number of imidazole rings is 1. The zero-order valence-electron chi connectivity index (χ0n) is 21.4. The molecule has 2 N–H and O–H groups in total. The predicted molar refractivity (Wildman–Crippen MR) is 149 cm³/mol. The third kappa shape index (κ3) is 4.42. The number of hydrogen-bond donors (Lipinski definition) is 1. The Kier molecular flexibility index (Phi) is 6.04. The molecule has 2 atom stereocenters. The number of likely N-dealkylation sites (tertiary alicyclic amines) is 1. The summed E-state index contributed by atoms with van der Waals surface area (Å²) >= 11 is 1.76. The Balaban J connectivity index is 1.34. The molecule has 3 aromatic heterocycles. The highest BCUT2D eigenvalue weighted by Gasteiger charge is 2.32. The highest BCUT2D eigenvalue weighted by molar-refractivity contribution is 7.18. The van der Waals surface area contributed by atoms with E-state index >= 15 is 0 Å². The van der Waals surface area contributed by atoms with Gasteiger partial charge in [0.2, 0.25) is 0 Å². The van der Waals surface area contributed by atoms with Crippen molar-refractivity contribution >= 4 is 49.8 Å². The molecule has 8 nitrogen and oxygen atoms in total. The SMILES string of the molecule is CC1CCC(c2ccc3sc(CCN(C)C)nc3c2)N(C(=O)c2ccc3nc(N)c4cncn4c3c2)C1. The molecule has 0 spiro atoms. The molecule has 9 heteroatoms. The Morgan fingerprint density at radius 2 is 1.97 bits per heavy atom. The highest BCUT2D eigenvalue weighted by Crippen LogP contribution is 2.36. The van der Waals surface area contributed by atoms with Gasteiger partial charge in [-0.3, -0.25) is 9.20 Å².